The molecule has 0 aliphatic carbocycles. The molecular weight excluding hydrogens is 199 g/mol. The summed E-state index contributed by atoms with van der Waals surface area (Å²) in [5.74, 6) is -0.567. The molecule has 15 heavy (non-hydrogen) atoms. The molecule has 0 bridgehead atoms. The van der Waals surface area contributed by atoms with E-state index in [0.717, 1.165) is 6.07 Å². The fourth-order valence-corrected chi connectivity index (χ4v) is 1.58. The standard InChI is InChI=1S/C11H11FO3/c1-11(2,14)10-9(13)7-4-3-6(12)5-8(7)15-10/h3-5,10,14H,1-2H3. The molecule has 0 aromatic heterocycles. The van der Waals surface area contributed by atoms with Gasteiger partial charge in [-0.1, -0.05) is 0 Å². The summed E-state index contributed by atoms with van der Waals surface area (Å²) in [7, 11) is 0. The van der Waals surface area contributed by atoms with Crippen LogP contribution in [0.15, 0.2) is 18.2 Å². The highest BCUT2D eigenvalue weighted by Gasteiger charge is 2.42. The molecule has 3 nitrogen and oxygen atoms in total. The highest BCUT2D eigenvalue weighted by Crippen LogP contribution is 2.33. The van der Waals surface area contributed by atoms with E-state index in [1.165, 1.54) is 26.0 Å². The molecule has 1 aromatic carbocycles. The Hall–Kier alpha value is -1.42. The average Bonchev–Trinajstić information content (AvgIpc) is 2.42. The molecule has 4 heteroatoms. The summed E-state index contributed by atoms with van der Waals surface area (Å²) in [5, 5.41) is 9.69. The lowest BCUT2D eigenvalue weighted by Gasteiger charge is -2.23. The normalized spacial score (nSPS) is 20.0. The number of fused-ring (bicyclic) bond motifs is 1. The second kappa shape index (κ2) is 3.03. The minimum absolute atomic E-state index is 0.201. The molecular formula is C11H11FO3. The van der Waals surface area contributed by atoms with Crippen LogP contribution in [-0.4, -0.2) is 22.6 Å². The Labute approximate surface area is 86.5 Å². The van der Waals surface area contributed by atoms with Crippen molar-refractivity contribution < 1.29 is 19.0 Å². The van der Waals surface area contributed by atoms with Crippen LogP contribution in [0.25, 0.3) is 0 Å². The van der Waals surface area contributed by atoms with E-state index in [4.69, 9.17) is 4.74 Å². The lowest BCUT2D eigenvalue weighted by Crippen LogP contribution is -2.43. The van der Waals surface area contributed by atoms with Gasteiger partial charge in [-0.25, -0.2) is 4.39 Å². The predicted octanol–water partition coefficient (Wildman–Crippen LogP) is 1.54. The van der Waals surface area contributed by atoms with Gasteiger partial charge in [0.05, 0.1) is 5.56 Å². The third-order valence-corrected chi connectivity index (χ3v) is 2.33. The van der Waals surface area contributed by atoms with E-state index in [2.05, 4.69) is 0 Å². The van der Waals surface area contributed by atoms with Crippen LogP contribution >= 0.6 is 0 Å². The van der Waals surface area contributed by atoms with E-state index in [1.807, 2.05) is 0 Å². The zero-order valence-corrected chi connectivity index (χ0v) is 8.45. The first kappa shape index (κ1) is 10.1. The van der Waals surface area contributed by atoms with Gasteiger partial charge >= 0.3 is 0 Å². The van der Waals surface area contributed by atoms with Gasteiger partial charge in [0.1, 0.15) is 17.2 Å². The van der Waals surface area contributed by atoms with Gasteiger partial charge in [0, 0.05) is 6.07 Å². The van der Waals surface area contributed by atoms with Gasteiger partial charge in [-0.15, -0.1) is 0 Å². The largest absolute Gasteiger partial charge is 0.478 e. The van der Waals surface area contributed by atoms with E-state index < -0.39 is 17.5 Å². The summed E-state index contributed by atoms with van der Waals surface area (Å²) in [4.78, 5) is 11.7. The number of rotatable bonds is 1. The molecule has 1 heterocycles. The summed E-state index contributed by atoms with van der Waals surface area (Å²) in [6, 6.07) is 3.73. The smallest absolute Gasteiger partial charge is 0.210 e. The number of aliphatic hydroxyl groups is 1. The van der Waals surface area contributed by atoms with Crippen LogP contribution in [0.4, 0.5) is 4.39 Å². The summed E-state index contributed by atoms with van der Waals surface area (Å²) in [6.45, 7) is 2.97. The number of carbonyl (C=O) groups is 1. The van der Waals surface area contributed by atoms with Gasteiger partial charge in [0.2, 0.25) is 5.78 Å². The van der Waals surface area contributed by atoms with Crippen molar-refractivity contribution in [1.29, 1.82) is 0 Å². The summed E-state index contributed by atoms with van der Waals surface area (Å²) in [6.07, 6.45) is -0.950. The van der Waals surface area contributed by atoms with Crippen molar-refractivity contribution in [2.45, 2.75) is 25.6 Å². The third kappa shape index (κ3) is 1.61. The monoisotopic (exact) mass is 210 g/mol. The maximum atomic E-state index is 12.9. The highest BCUT2D eigenvalue weighted by molar-refractivity contribution is 6.05. The molecule has 1 aliphatic rings. The Balaban J connectivity index is 2.42. The molecule has 1 atom stereocenters. The Bertz CT molecular complexity index is 420. The van der Waals surface area contributed by atoms with Gasteiger partial charge in [-0.2, -0.15) is 0 Å². The predicted molar refractivity (Wildman–Crippen MR) is 51.4 cm³/mol. The summed E-state index contributed by atoms with van der Waals surface area (Å²) in [5.41, 5.74) is -0.949. The van der Waals surface area contributed by atoms with Crippen LogP contribution in [0, 0.1) is 5.82 Å². The van der Waals surface area contributed by atoms with Gasteiger partial charge in [-0.05, 0) is 26.0 Å². The quantitative estimate of drug-likeness (QED) is 0.764. The summed E-state index contributed by atoms with van der Waals surface area (Å²) < 4.78 is 18.1. The number of ketones is 1. The van der Waals surface area contributed by atoms with E-state index in [9.17, 15) is 14.3 Å². The maximum absolute atomic E-state index is 12.9. The average molecular weight is 210 g/mol. The molecule has 1 aromatic rings. The number of hydrogen-bond donors (Lipinski definition) is 1. The number of benzene rings is 1. The second-order valence-electron chi connectivity index (χ2n) is 4.16. The lowest BCUT2D eigenvalue weighted by atomic mass is 9.96. The molecule has 1 aliphatic heterocycles. The Morgan fingerprint density at radius 1 is 1.47 bits per heavy atom. The number of hydrogen-bond acceptors (Lipinski definition) is 3. The molecule has 0 spiro atoms. The van der Waals surface area contributed by atoms with Gasteiger partial charge in [-0.3, -0.25) is 4.79 Å². The summed E-state index contributed by atoms with van der Waals surface area (Å²) >= 11 is 0. The van der Waals surface area contributed by atoms with Crippen molar-refractivity contribution in [3.63, 3.8) is 0 Å². The molecule has 0 amide bonds. The zero-order chi connectivity index (χ0) is 11.2. The molecule has 2 rings (SSSR count). The third-order valence-electron chi connectivity index (χ3n) is 2.33. The number of carbonyl (C=O) groups excluding carboxylic acids is 1. The molecule has 0 saturated carbocycles. The second-order valence-corrected chi connectivity index (χ2v) is 4.16. The first-order valence-corrected chi connectivity index (χ1v) is 4.62. The first-order valence-electron chi connectivity index (χ1n) is 4.62. The van der Waals surface area contributed by atoms with Crippen molar-refractivity contribution >= 4 is 5.78 Å². The van der Waals surface area contributed by atoms with E-state index in [1.54, 1.807) is 0 Å². The fraction of sp³-hybridized carbons (Fsp3) is 0.364. The van der Waals surface area contributed by atoms with E-state index in [-0.39, 0.29) is 11.5 Å². The van der Waals surface area contributed by atoms with E-state index in [0.29, 0.717) is 5.56 Å². The number of halogens is 1. The molecule has 0 saturated heterocycles. The van der Waals surface area contributed by atoms with Gasteiger partial charge in [0.25, 0.3) is 0 Å². The van der Waals surface area contributed by atoms with E-state index >= 15 is 0 Å². The van der Waals surface area contributed by atoms with Crippen LogP contribution in [-0.2, 0) is 0 Å². The SMILES string of the molecule is CC(C)(O)C1Oc2cc(F)ccc2C1=O. The minimum atomic E-state index is -1.27. The van der Waals surface area contributed by atoms with Crippen molar-refractivity contribution in [2.24, 2.45) is 0 Å². The fourth-order valence-electron chi connectivity index (χ4n) is 1.58. The molecule has 80 valence electrons. The van der Waals surface area contributed by atoms with Crippen molar-refractivity contribution in [2.75, 3.05) is 0 Å². The number of Topliss-reactive ketones (excluding diaryl/α,β-unsaturated/α-hetero) is 1. The van der Waals surface area contributed by atoms with Crippen molar-refractivity contribution in [1.82, 2.24) is 0 Å². The first-order chi connectivity index (χ1) is 6.89. The minimum Gasteiger partial charge on any atom is -0.478 e. The van der Waals surface area contributed by atoms with Crippen LogP contribution in [0.3, 0.4) is 0 Å². The highest BCUT2D eigenvalue weighted by atomic mass is 19.1. The van der Waals surface area contributed by atoms with Crippen molar-refractivity contribution in [3.8, 4) is 5.75 Å². The maximum Gasteiger partial charge on any atom is 0.210 e. The lowest BCUT2D eigenvalue weighted by molar-refractivity contribution is -0.0139. The van der Waals surface area contributed by atoms with Gasteiger partial charge in [0.15, 0.2) is 6.10 Å². The van der Waals surface area contributed by atoms with Crippen LogP contribution in [0.5, 0.6) is 5.75 Å². The van der Waals surface area contributed by atoms with Crippen molar-refractivity contribution in [3.05, 3.63) is 29.6 Å². The zero-order valence-electron chi connectivity index (χ0n) is 8.45. The topological polar surface area (TPSA) is 46.5 Å². The molecule has 0 fully saturated rings. The molecule has 1 unspecified atom stereocenters. The van der Waals surface area contributed by atoms with Crippen LogP contribution in [0.1, 0.15) is 24.2 Å². The Morgan fingerprint density at radius 3 is 2.73 bits per heavy atom. The van der Waals surface area contributed by atoms with Crippen LogP contribution < -0.4 is 4.74 Å². The Kier molecular flexibility index (Phi) is 2.04. The molecule has 1 N–H and O–H groups in total. The van der Waals surface area contributed by atoms with Crippen LogP contribution in [0.2, 0.25) is 0 Å². The Morgan fingerprint density at radius 2 is 2.13 bits per heavy atom. The van der Waals surface area contributed by atoms with Gasteiger partial charge < -0.3 is 9.84 Å². The number of ether oxygens (including phenoxy) is 1. The molecule has 0 radical (unpaired) electrons.